The maximum atomic E-state index is 14.1. The average Bonchev–Trinajstić information content (AvgIpc) is 3.34. The van der Waals surface area contributed by atoms with Crippen LogP contribution in [0, 0.1) is 12.7 Å². The molecular formula is C23H25FN4O3S. The molecular weight excluding hydrogens is 431 g/mol. The lowest BCUT2D eigenvalue weighted by Crippen LogP contribution is -2.32. The molecule has 0 radical (unpaired) electrons. The van der Waals surface area contributed by atoms with Crippen molar-refractivity contribution in [1.29, 1.82) is 0 Å². The minimum atomic E-state index is -0.377. The molecule has 32 heavy (non-hydrogen) atoms. The maximum Gasteiger partial charge on any atom is 0.151 e. The van der Waals surface area contributed by atoms with E-state index in [9.17, 15) is 4.39 Å². The largest absolute Gasteiger partial charge is 0.483 e. The summed E-state index contributed by atoms with van der Waals surface area (Å²) in [6.45, 7) is 3.08. The second-order valence-corrected chi connectivity index (χ2v) is 9.89. The lowest BCUT2D eigenvalue weighted by molar-refractivity contribution is 0.0310. The highest BCUT2D eigenvalue weighted by molar-refractivity contribution is 7.85. The van der Waals surface area contributed by atoms with Gasteiger partial charge in [0.15, 0.2) is 6.10 Å². The molecule has 0 aliphatic carbocycles. The van der Waals surface area contributed by atoms with E-state index in [-0.39, 0.29) is 34.8 Å². The first-order valence-electron chi connectivity index (χ1n) is 10.5. The van der Waals surface area contributed by atoms with Gasteiger partial charge in [0.2, 0.25) is 0 Å². The van der Waals surface area contributed by atoms with E-state index >= 15 is 0 Å². The number of benzene rings is 2. The summed E-state index contributed by atoms with van der Waals surface area (Å²) in [5.41, 5.74) is 3.31. The van der Waals surface area contributed by atoms with Crippen molar-refractivity contribution in [1.82, 2.24) is 9.97 Å². The Balaban J connectivity index is 1.48. The number of nitrogens with zero attached hydrogens (tertiary/aromatic N) is 3. The van der Waals surface area contributed by atoms with Crippen molar-refractivity contribution in [3.05, 3.63) is 48.0 Å². The number of hydrogen-bond donors (Lipinski definition) is 1. The van der Waals surface area contributed by atoms with Gasteiger partial charge in [0, 0.05) is 18.1 Å². The van der Waals surface area contributed by atoms with Crippen LogP contribution in [-0.2, 0) is 20.2 Å². The number of ether oxygens (including phenoxy) is 3. The average molecular weight is 457 g/mol. The van der Waals surface area contributed by atoms with Crippen molar-refractivity contribution in [3.63, 3.8) is 0 Å². The summed E-state index contributed by atoms with van der Waals surface area (Å²) < 4.78 is 36.4. The van der Waals surface area contributed by atoms with Gasteiger partial charge in [-0.05, 0) is 55.7 Å². The molecule has 0 spiro atoms. The van der Waals surface area contributed by atoms with E-state index in [4.69, 9.17) is 14.2 Å². The monoisotopic (exact) mass is 456 g/mol. The molecule has 3 atom stereocenters. The maximum absolute atomic E-state index is 14.1. The third kappa shape index (κ3) is 4.20. The summed E-state index contributed by atoms with van der Waals surface area (Å²) in [4.78, 5) is 8.89. The Bertz CT molecular complexity index is 1200. The standard InChI is InChI=1S/C23H25FN4O3S/c1-13-8-15(28-32(2)3)10-17-21(13)23(26-12-25-17)27-16-5-4-14(24)9-19(16)31-20-11-30-18-6-7-29-22(18)20/h4-5,8-10,12,18,20,22H,6-7,11H2,1-3H3,(H,25,26,27)/t18?,20-,22?/m1/s1. The van der Waals surface area contributed by atoms with Gasteiger partial charge >= 0.3 is 0 Å². The van der Waals surface area contributed by atoms with Crippen LogP contribution in [0.3, 0.4) is 0 Å². The van der Waals surface area contributed by atoms with Crippen LogP contribution < -0.4 is 10.1 Å². The SMILES string of the molecule is Cc1cc(N=S(C)C)cc2ncnc(Nc3ccc(F)cc3O[C@@H]3COC4CCOC43)c12. The van der Waals surface area contributed by atoms with E-state index in [1.165, 1.54) is 18.5 Å². The van der Waals surface area contributed by atoms with Crippen LogP contribution >= 0.6 is 0 Å². The van der Waals surface area contributed by atoms with Gasteiger partial charge in [0.1, 0.15) is 29.8 Å². The van der Waals surface area contributed by atoms with Crippen molar-refractivity contribution in [2.45, 2.75) is 31.7 Å². The summed E-state index contributed by atoms with van der Waals surface area (Å²) in [6, 6.07) is 8.41. The van der Waals surface area contributed by atoms with Crippen LogP contribution in [0.2, 0.25) is 0 Å². The number of nitrogens with one attached hydrogen (secondary N) is 1. The highest BCUT2D eigenvalue weighted by Gasteiger charge is 2.43. The molecule has 0 amide bonds. The highest BCUT2D eigenvalue weighted by atomic mass is 32.2. The molecule has 3 aromatic rings. The summed E-state index contributed by atoms with van der Waals surface area (Å²) in [7, 11) is -0.0712. The molecule has 2 aromatic carbocycles. The Morgan fingerprint density at radius 2 is 2.06 bits per heavy atom. The molecule has 7 nitrogen and oxygen atoms in total. The normalized spacial score (nSPS) is 22.3. The molecule has 2 aliphatic heterocycles. The third-order valence-corrected chi connectivity index (χ3v) is 6.18. The van der Waals surface area contributed by atoms with Crippen molar-refractivity contribution in [3.8, 4) is 5.75 Å². The number of anilines is 2. The third-order valence-electron chi connectivity index (χ3n) is 5.60. The van der Waals surface area contributed by atoms with Crippen molar-refractivity contribution in [2.75, 3.05) is 31.0 Å². The van der Waals surface area contributed by atoms with Gasteiger partial charge in [-0.3, -0.25) is 0 Å². The van der Waals surface area contributed by atoms with Gasteiger partial charge in [0.25, 0.3) is 0 Å². The van der Waals surface area contributed by atoms with Gasteiger partial charge < -0.3 is 19.5 Å². The second kappa shape index (κ2) is 8.73. The Labute approximate surface area is 188 Å². The Kier molecular flexibility index (Phi) is 5.79. The Morgan fingerprint density at radius 3 is 2.91 bits per heavy atom. The topological polar surface area (TPSA) is 77.9 Å². The van der Waals surface area contributed by atoms with Crippen LogP contribution in [0.1, 0.15) is 12.0 Å². The minimum Gasteiger partial charge on any atom is -0.483 e. The lowest BCUT2D eigenvalue weighted by atomic mass is 10.1. The van der Waals surface area contributed by atoms with Crippen molar-refractivity contribution < 1.29 is 18.6 Å². The van der Waals surface area contributed by atoms with Crippen LogP contribution in [-0.4, -0.2) is 54.0 Å². The fourth-order valence-electron chi connectivity index (χ4n) is 4.25. The fraction of sp³-hybridized carbons (Fsp3) is 0.391. The molecule has 1 aromatic heterocycles. The quantitative estimate of drug-likeness (QED) is 0.611. The first kappa shape index (κ1) is 21.2. The summed E-state index contributed by atoms with van der Waals surface area (Å²) >= 11 is 0. The van der Waals surface area contributed by atoms with Gasteiger partial charge in [0.05, 0.1) is 29.6 Å². The lowest BCUT2D eigenvalue weighted by Gasteiger charge is -2.21. The summed E-state index contributed by atoms with van der Waals surface area (Å²) in [5, 5.41) is 4.21. The number of hydrogen-bond acceptors (Lipinski definition) is 7. The molecule has 3 heterocycles. The molecule has 9 heteroatoms. The molecule has 1 N–H and O–H groups in total. The molecule has 2 aliphatic rings. The zero-order valence-corrected chi connectivity index (χ0v) is 19.0. The Morgan fingerprint density at radius 1 is 1.19 bits per heavy atom. The summed E-state index contributed by atoms with van der Waals surface area (Å²) in [5.74, 6) is 0.643. The number of aromatic nitrogens is 2. The van der Waals surface area contributed by atoms with Gasteiger partial charge in [-0.1, -0.05) is 0 Å². The minimum absolute atomic E-state index is 0.0458. The predicted octanol–water partition coefficient (Wildman–Crippen LogP) is 4.45. The van der Waals surface area contributed by atoms with Crippen LogP contribution in [0.4, 0.5) is 21.6 Å². The molecule has 0 saturated carbocycles. The van der Waals surface area contributed by atoms with Gasteiger partial charge in [-0.25, -0.2) is 18.7 Å². The second-order valence-electron chi connectivity index (χ2n) is 8.16. The first-order chi connectivity index (χ1) is 15.5. The van der Waals surface area contributed by atoms with Gasteiger partial charge in [-0.15, -0.1) is 10.7 Å². The van der Waals surface area contributed by atoms with Crippen LogP contribution in [0.15, 0.2) is 41.0 Å². The van der Waals surface area contributed by atoms with Crippen LogP contribution in [0.25, 0.3) is 10.9 Å². The zero-order chi connectivity index (χ0) is 22.2. The Hall–Kier alpha value is -2.62. The van der Waals surface area contributed by atoms with Crippen molar-refractivity contribution >= 4 is 38.8 Å². The number of halogens is 1. The van der Waals surface area contributed by atoms with E-state index < -0.39 is 0 Å². The first-order valence-corrected chi connectivity index (χ1v) is 12.5. The van der Waals surface area contributed by atoms with E-state index in [0.717, 1.165) is 28.6 Å². The van der Waals surface area contributed by atoms with Crippen molar-refractivity contribution in [2.24, 2.45) is 4.36 Å². The molecule has 2 unspecified atom stereocenters. The zero-order valence-electron chi connectivity index (χ0n) is 18.2. The number of rotatable bonds is 5. The molecule has 168 valence electrons. The van der Waals surface area contributed by atoms with Crippen LogP contribution in [0.5, 0.6) is 5.75 Å². The molecule has 2 saturated heterocycles. The smallest absolute Gasteiger partial charge is 0.151 e. The molecule has 5 rings (SSSR count). The van der Waals surface area contributed by atoms with E-state index in [1.54, 1.807) is 6.07 Å². The molecule has 2 fully saturated rings. The summed E-state index contributed by atoms with van der Waals surface area (Å²) in [6.07, 6.45) is 6.14. The van der Waals surface area contributed by atoms with E-state index in [2.05, 4.69) is 32.2 Å². The highest BCUT2D eigenvalue weighted by Crippen LogP contribution is 2.36. The number of fused-ring (bicyclic) bond motifs is 2. The van der Waals surface area contributed by atoms with E-state index in [0.29, 0.717) is 30.5 Å². The van der Waals surface area contributed by atoms with E-state index in [1.807, 2.05) is 19.1 Å². The van der Waals surface area contributed by atoms with Gasteiger partial charge in [-0.2, -0.15) is 0 Å². The number of aryl methyl sites for hydroxylation is 1. The molecule has 0 bridgehead atoms. The predicted molar refractivity (Wildman–Crippen MR) is 124 cm³/mol. The fourth-order valence-corrected chi connectivity index (χ4v) is 4.78.